The molecule has 1 amide bonds. The van der Waals surface area contributed by atoms with Gasteiger partial charge in [-0.2, -0.15) is 5.10 Å². The summed E-state index contributed by atoms with van der Waals surface area (Å²) in [7, 11) is 0. The maximum Gasteiger partial charge on any atom is 0.223 e. The van der Waals surface area contributed by atoms with Crippen molar-refractivity contribution in [3.8, 4) is 11.1 Å². The van der Waals surface area contributed by atoms with Crippen LogP contribution in [0, 0.1) is 18.7 Å². The summed E-state index contributed by atoms with van der Waals surface area (Å²) >= 11 is 0. The summed E-state index contributed by atoms with van der Waals surface area (Å²) in [4.78, 5) is 14.9. The van der Waals surface area contributed by atoms with Gasteiger partial charge in [-0.15, -0.1) is 0 Å². The van der Waals surface area contributed by atoms with Gasteiger partial charge < -0.3 is 9.47 Å². The molecule has 2 atom stereocenters. The van der Waals surface area contributed by atoms with Crippen LogP contribution in [0.5, 0.6) is 0 Å². The van der Waals surface area contributed by atoms with Crippen molar-refractivity contribution in [3.63, 3.8) is 0 Å². The van der Waals surface area contributed by atoms with Crippen LogP contribution in [0.2, 0.25) is 0 Å². The number of carbonyl (C=O) groups excluding carboxylic acids is 1. The number of likely N-dealkylation sites (tertiary alicyclic amines) is 1. The lowest BCUT2D eigenvalue weighted by molar-refractivity contribution is -0.131. The van der Waals surface area contributed by atoms with E-state index in [9.17, 15) is 9.18 Å². The number of nitrogens with zero attached hydrogens (tertiary/aromatic N) is 3. The van der Waals surface area contributed by atoms with E-state index in [1.807, 2.05) is 17.3 Å². The molecule has 2 aromatic heterocycles. The Kier molecular flexibility index (Phi) is 5.75. The third kappa shape index (κ3) is 4.42. The molecular formula is C27H29FN4O. The summed E-state index contributed by atoms with van der Waals surface area (Å²) in [5.41, 5.74) is 5.71. The number of amides is 1. The van der Waals surface area contributed by atoms with Crippen molar-refractivity contribution in [1.82, 2.24) is 19.7 Å². The van der Waals surface area contributed by atoms with Gasteiger partial charge in [-0.25, -0.2) is 4.39 Å². The Hall–Kier alpha value is -3.41. The number of H-pyrrole nitrogens is 1. The van der Waals surface area contributed by atoms with Crippen molar-refractivity contribution in [3.05, 3.63) is 78.0 Å². The Morgan fingerprint density at radius 2 is 1.97 bits per heavy atom. The Bertz CT molecular complexity index is 1260. The number of aryl methyl sites for hydroxylation is 2. The predicted octanol–water partition coefficient (Wildman–Crippen LogP) is 5.35. The van der Waals surface area contributed by atoms with Gasteiger partial charge in [0.2, 0.25) is 5.91 Å². The molecule has 6 heteroatoms. The molecule has 2 unspecified atom stereocenters. The van der Waals surface area contributed by atoms with Crippen molar-refractivity contribution < 1.29 is 9.18 Å². The Balaban J connectivity index is 1.26. The fraction of sp³-hybridized carbons (Fsp3) is 0.333. The van der Waals surface area contributed by atoms with E-state index in [-0.39, 0.29) is 17.8 Å². The molecule has 4 aromatic rings. The van der Waals surface area contributed by atoms with Gasteiger partial charge in [0.05, 0.1) is 6.20 Å². The van der Waals surface area contributed by atoms with Crippen molar-refractivity contribution in [2.75, 3.05) is 6.54 Å². The van der Waals surface area contributed by atoms with Crippen LogP contribution in [-0.2, 0) is 17.8 Å². The first kappa shape index (κ1) is 21.4. The third-order valence-electron chi connectivity index (χ3n) is 6.90. The van der Waals surface area contributed by atoms with Gasteiger partial charge in [-0.05, 0) is 74.1 Å². The lowest BCUT2D eigenvalue weighted by Crippen LogP contribution is -2.34. The molecule has 0 aliphatic carbocycles. The summed E-state index contributed by atoms with van der Waals surface area (Å²) in [6.45, 7) is 6.00. The Morgan fingerprint density at radius 1 is 1.15 bits per heavy atom. The highest BCUT2D eigenvalue weighted by Crippen LogP contribution is 2.30. The average molecular weight is 445 g/mol. The number of rotatable bonds is 6. The number of nitrogens with one attached hydrogen (secondary N) is 1. The zero-order valence-corrected chi connectivity index (χ0v) is 19.1. The molecule has 2 aromatic carbocycles. The summed E-state index contributed by atoms with van der Waals surface area (Å²) < 4.78 is 15.5. The minimum absolute atomic E-state index is 0.188. The molecule has 0 bridgehead atoms. The molecule has 1 N–H and O–H groups in total. The van der Waals surface area contributed by atoms with Crippen LogP contribution < -0.4 is 0 Å². The quantitative estimate of drug-likeness (QED) is 0.436. The van der Waals surface area contributed by atoms with Crippen LogP contribution in [0.15, 0.2) is 60.9 Å². The predicted molar refractivity (Wildman–Crippen MR) is 128 cm³/mol. The average Bonchev–Trinajstić information content (AvgIpc) is 3.53. The molecule has 1 aliphatic heterocycles. The smallest absolute Gasteiger partial charge is 0.223 e. The minimum atomic E-state index is -0.244. The van der Waals surface area contributed by atoms with Crippen LogP contribution >= 0.6 is 0 Å². The second-order valence-electron chi connectivity index (χ2n) is 9.28. The molecule has 0 spiro atoms. The topological polar surface area (TPSA) is 53.9 Å². The Labute approximate surface area is 193 Å². The van der Waals surface area contributed by atoms with Crippen LogP contribution in [0.1, 0.15) is 31.0 Å². The van der Waals surface area contributed by atoms with Crippen LogP contribution in [-0.4, -0.2) is 38.2 Å². The van der Waals surface area contributed by atoms with Gasteiger partial charge in [-0.3, -0.25) is 9.89 Å². The van der Waals surface area contributed by atoms with Gasteiger partial charge in [-0.1, -0.05) is 18.2 Å². The first-order valence-corrected chi connectivity index (χ1v) is 11.6. The molecule has 170 valence electrons. The zero-order chi connectivity index (χ0) is 22.9. The summed E-state index contributed by atoms with van der Waals surface area (Å²) in [5, 5.41) is 8.16. The number of hydrogen-bond acceptors (Lipinski definition) is 2. The molecule has 1 aliphatic rings. The van der Waals surface area contributed by atoms with Gasteiger partial charge in [0.15, 0.2) is 0 Å². The maximum absolute atomic E-state index is 13.1. The standard InChI is InChI=1S/C27H29FN4O/c1-18-11-21(17-32(18)27(33)10-5-20-3-7-25(28)8-4-20)16-31-19(2)12-23-13-22(6-9-26(23)31)24-14-29-30-15-24/h3-4,6-9,12-15,18,21H,5,10-11,16-17H2,1-2H3,(H,29,30). The lowest BCUT2D eigenvalue weighted by atomic mass is 10.1. The van der Waals surface area contributed by atoms with Gasteiger partial charge in [0.25, 0.3) is 0 Å². The second-order valence-corrected chi connectivity index (χ2v) is 9.28. The van der Waals surface area contributed by atoms with Gasteiger partial charge in [0.1, 0.15) is 5.82 Å². The Morgan fingerprint density at radius 3 is 2.73 bits per heavy atom. The molecule has 0 saturated carbocycles. The molecule has 33 heavy (non-hydrogen) atoms. The van der Waals surface area contributed by atoms with E-state index < -0.39 is 0 Å². The summed E-state index contributed by atoms with van der Waals surface area (Å²) in [6, 6.07) is 15.5. The highest BCUT2D eigenvalue weighted by Gasteiger charge is 2.32. The number of carbonyl (C=O) groups is 1. The highest BCUT2D eigenvalue weighted by molar-refractivity contribution is 5.86. The van der Waals surface area contributed by atoms with E-state index in [0.717, 1.165) is 36.2 Å². The lowest BCUT2D eigenvalue weighted by Gasteiger charge is -2.21. The molecule has 1 fully saturated rings. The highest BCUT2D eigenvalue weighted by atomic mass is 19.1. The second kappa shape index (κ2) is 8.85. The molecule has 1 saturated heterocycles. The molecule has 5 rings (SSSR count). The fourth-order valence-corrected chi connectivity index (χ4v) is 5.17. The number of aromatic amines is 1. The van der Waals surface area contributed by atoms with E-state index in [4.69, 9.17) is 0 Å². The number of halogens is 1. The number of hydrogen-bond donors (Lipinski definition) is 1. The van der Waals surface area contributed by atoms with E-state index in [2.05, 4.69) is 52.9 Å². The first-order chi connectivity index (χ1) is 16.0. The number of fused-ring (bicyclic) bond motifs is 1. The fourth-order valence-electron chi connectivity index (χ4n) is 5.17. The van der Waals surface area contributed by atoms with E-state index in [0.29, 0.717) is 18.8 Å². The van der Waals surface area contributed by atoms with E-state index in [1.165, 1.54) is 28.7 Å². The number of aromatic nitrogens is 3. The zero-order valence-electron chi connectivity index (χ0n) is 19.1. The van der Waals surface area contributed by atoms with Gasteiger partial charge >= 0.3 is 0 Å². The van der Waals surface area contributed by atoms with Crippen molar-refractivity contribution in [2.24, 2.45) is 5.92 Å². The summed E-state index contributed by atoms with van der Waals surface area (Å²) in [6.07, 6.45) is 5.87. The van der Waals surface area contributed by atoms with Crippen molar-refractivity contribution in [1.29, 1.82) is 0 Å². The first-order valence-electron chi connectivity index (χ1n) is 11.6. The summed E-state index contributed by atoms with van der Waals surface area (Å²) in [5.74, 6) is 0.373. The SMILES string of the molecule is Cc1cc2cc(-c3cn[nH]c3)ccc2n1CC1CC(C)N(C(=O)CCc2ccc(F)cc2)C1. The minimum Gasteiger partial charge on any atom is -0.345 e. The third-order valence-corrected chi connectivity index (χ3v) is 6.90. The van der Waals surface area contributed by atoms with Crippen molar-refractivity contribution in [2.45, 2.75) is 45.7 Å². The van der Waals surface area contributed by atoms with Gasteiger partial charge in [0, 0.05) is 53.9 Å². The van der Waals surface area contributed by atoms with E-state index in [1.54, 1.807) is 12.1 Å². The maximum atomic E-state index is 13.1. The van der Waals surface area contributed by atoms with E-state index >= 15 is 0 Å². The molecular weight excluding hydrogens is 415 g/mol. The van der Waals surface area contributed by atoms with Crippen LogP contribution in [0.4, 0.5) is 4.39 Å². The largest absolute Gasteiger partial charge is 0.345 e. The normalized spacial score (nSPS) is 18.3. The molecule has 0 radical (unpaired) electrons. The molecule has 3 heterocycles. The molecule has 5 nitrogen and oxygen atoms in total. The number of benzene rings is 2. The van der Waals surface area contributed by atoms with Crippen molar-refractivity contribution >= 4 is 16.8 Å². The monoisotopic (exact) mass is 444 g/mol. The van der Waals surface area contributed by atoms with Crippen LogP contribution in [0.3, 0.4) is 0 Å². The van der Waals surface area contributed by atoms with Crippen LogP contribution in [0.25, 0.3) is 22.0 Å².